The van der Waals surface area contributed by atoms with Crippen molar-refractivity contribution in [3.63, 3.8) is 0 Å². The molecule has 1 saturated heterocycles. The summed E-state index contributed by atoms with van der Waals surface area (Å²) in [6, 6.07) is 15.2. The summed E-state index contributed by atoms with van der Waals surface area (Å²) in [7, 11) is 0. The zero-order valence-corrected chi connectivity index (χ0v) is 16.6. The van der Waals surface area contributed by atoms with Gasteiger partial charge in [0.1, 0.15) is 5.82 Å². The maximum absolute atomic E-state index is 13.1. The van der Waals surface area contributed by atoms with Crippen LogP contribution in [0, 0.1) is 5.82 Å². The molecule has 0 aliphatic carbocycles. The van der Waals surface area contributed by atoms with E-state index in [0.29, 0.717) is 43.0 Å². The minimum Gasteiger partial charge on any atom is -0.459 e. The van der Waals surface area contributed by atoms with Gasteiger partial charge in [-0.05, 0) is 60.7 Å². The van der Waals surface area contributed by atoms with Gasteiger partial charge in [-0.1, -0.05) is 0 Å². The van der Waals surface area contributed by atoms with Crippen LogP contribution in [0.4, 0.5) is 10.1 Å². The highest BCUT2D eigenvalue weighted by Crippen LogP contribution is 2.16. The maximum Gasteiger partial charge on any atom is 0.291 e. The molecule has 4 rings (SSSR count). The molecule has 0 unspecified atom stereocenters. The number of halogens is 1. The average molecular weight is 421 g/mol. The smallest absolute Gasteiger partial charge is 0.291 e. The van der Waals surface area contributed by atoms with Gasteiger partial charge in [0, 0.05) is 43.0 Å². The molecule has 2 heterocycles. The van der Waals surface area contributed by atoms with Crippen LogP contribution in [0.1, 0.15) is 31.3 Å². The summed E-state index contributed by atoms with van der Waals surface area (Å²) in [5.41, 5.74) is 1.47. The summed E-state index contributed by atoms with van der Waals surface area (Å²) in [6.07, 6.45) is 1.42. The van der Waals surface area contributed by atoms with Gasteiger partial charge in [0.05, 0.1) is 6.26 Å². The van der Waals surface area contributed by atoms with Crippen LogP contribution >= 0.6 is 0 Å². The molecular weight excluding hydrogens is 401 g/mol. The van der Waals surface area contributed by atoms with E-state index in [1.807, 2.05) is 0 Å². The lowest BCUT2D eigenvalue weighted by Gasteiger charge is -2.35. The van der Waals surface area contributed by atoms with Crippen molar-refractivity contribution in [1.29, 1.82) is 0 Å². The number of benzene rings is 2. The average Bonchev–Trinajstić information content (AvgIpc) is 3.35. The summed E-state index contributed by atoms with van der Waals surface area (Å²) >= 11 is 0. The molecule has 8 heteroatoms. The summed E-state index contributed by atoms with van der Waals surface area (Å²) in [6.45, 7) is 1.62. The molecule has 1 aromatic heterocycles. The van der Waals surface area contributed by atoms with Gasteiger partial charge in [0.25, 0.3) is 17.7 Å². The van der Waals surface area contributed by atoms with Gasteiger partial charge in [-0.2, -0.15) is 0 Å². The molecular formula is C23H20FN3O4. The second kappa shape index (κ2) is 8.83. The SMILES string of the molecule is O=C(Nc1ccc(C(=O)N2CCN(C(=O)c3ccc(F)cc3)CC2)cc1)c1ccco1. The van der Waals surface area contributed by atoms with E-state index in [4.69, 9.17) is 4.42 Å². The Morgan fingerprint density at radius 1 is 0.774 bits per heavy atom. The topological polar surface area (TPSA) is 82.9 Å². The van der Waals surface area contributed by atoms with Gasteiger partial charge < -0.3 is 19.5 Å². The molecule has 1 N–H and O–H groups in total. The summed E-state index contributed by atoms with van der Waals surface area (Å²) < 4.78 is 18.1. The number of carbonyl (C=O) groups excluding carboxylic acids is 3. The first-order valence-corrected chi connectivity index (χ1v) is 9.80. The Kier molecular flexibility index (Phi) is 5.79. The number of nitrogens with zero attached hydrogens (tertiary/aromatic N) is 2. The van der Waals surface area contributed by atoms with Crippen molar-refractivity contribution in [2.75, 3.05) is 31.5 Å². The van der Waals surface area contributed by atoms with Gasteiger partial charge in [-0.25, -0.2) is 4.39 Å². The van der Waals surface area contributed by atoms with Crippen LogP contribution in [0.5, 0.6) is 0 Å². The number of rotatable bonds is 4. The minimum atomic E-state index is -0.390. The molecule has 0 atom stereocenters. The number of hydrogen-bond acceptors (Lipinski definition) is 4. The fraction of sp³-hybridized carbons (Fsp3) is 0.174. The quantitative estimate of drug-likeness (QED) is 0.701. The molecule has 1 aliphatic heterocycles. The summed E-state index contributed by atoms with van der Waals surface area (Å²) in [5, 5.41) is 2.70. The number of amides is 3. The molecule has 3 amide bonds. The second-order valence-electron chi connectivity index (χ2n) is 7.10. The van der Waals surface area contributed by atoms with E-state index in [2.05, 4.69) is 5.32 Å². The first-order chi connectivity index (χ1) is 15.0. The third-order valence-corrected chi connectivity index (χ3v) is 5.08. The van der Waals surface area contributed by atoms with E-state index in [0.717, 1.165) is 0 Å². The molecule has 31 heavy (non-hydrogen) atoms. The highest BCUT2D eigenvalue weighted by Gasteiger charge is 2.25. The van der Waals surface area contributed by atoms with Crippen LogP contribution in [0.3, 0.4) is 0 Å². The minimum absolute atomic E-state index is 0.141. The van der Waals surface area contributed by atoms with Gasteiger partial charge in [0.2, 0.25) is 0 Å². The Hall–Kier alpha value is -3.94. The van der Waals surface area contributed by atoms with Crippen molar-refractivity contribution in [2.24, 2.45) is 0 Å². The highest BCUT2D eigenvalue weighted by molar-refractivity contribution is 6.02. The van der Waals surface area contributed by atoms with Crippen LogP contribution in [0.2, 0.25) is 0 Å². The highest BCUT2D eigenvalue weighted by atomic mass is 19.1. The van der Waals surface area contributed by atoms with Crippen molar-refractivity contribution in [3.8, 4) is 0 Å². The van der Waals surface area contributed by atoms with Gasteiger partial charge in [0.15, 0.2) is 5.76 Å². The third-order valence-electron chi connectivity index (χ3n) is 5.08. The molecule has 1 aliphatic rings. The lowest BCUT2D eigenvalue weighted by Crippen LogP contribution is -2.50. The number of piperazine rings is 1. The van der Waals surface area contributed by atoms with E-state index in [9.17, 15) is 18.8 Å². The predicted octanol–water partition coefficient (Wildman–Crippen LogP) is 3.27. The Balaban J connectivity index is 1.32. The van der Waals surface area contributed by atoms with Crippen molar-refractivity contribution >= 4 is 23.4 Å². The largest absolute Gasteiger partial charge is 0.459 e. The first-order valence-electron chi connectivity index (χ1n) is 9.80. The zero-order valence-electron chi connectivity index (χ0n) is 16.6. The van der Waals surface area contributed by atoms with E-state index in [1.165, 1.54) is 30.5 Å². The monoisotopic (exact) mass is 421 g/mol. The first kappa shape index (κ1) is 20.3. The maximum atomic E-state index is 13.1. The Morgan fingerprint density at radius 3 is 1.77 bits per heavy atom. The van der Waals surface area contributed by atoms with Gasteiger partial charge >= 0.3 is 0 Å². The number of hydrogen-bond donors (Lipinski definition) is 1. The molecule has 0 spiro atoms. The lowest BCUT2D eigenvalue weighted by atomic mass is 10.1. The standard InChI is InChI=1S/C23H20FN3O4/c24-18-7-3-16(4-8-18)22(29)26-11-13-27(14-12-26)23(30)17-5-9-19(10-6-17)25-21(28)20-2-1-15-31-20/h1-10,15H,11-14H2,(H,25,28). The van der Waals surface area contributed by atoms with Crippen molar-refractivity contribution < 1.29 is 23.2 Å². The second-order valence-corrected chi connectivity index (χ2v) is 7.10. The Bertz CT molecular complexity index is 1070. The Morgan fingerprint density at radius 2 is 1.29 bits per heavy atom. The summed E-state index contributed by atoms with van der Waals surface area (Å²) in [5.74, 6) is -0.876. The van der Waals surface area contributed by atoms with Crippen LogP contribution in [-0.2, 0) is 0 Å². The van der Waals surface area contributed by atoms with Crippen molar-refractivity contribution in [2.45, 2.75) is 0 Å². The molecule has 7 nitrogen and oxygen atoms in total. The number of anilines is 1. The molecule has 1 fully saturated rings. The molecule has 0 bridgehead atoms. The molecule has 158 valence electrons. The normalized spacial score (nSPS) is 13.7. The predicted molar refractivity (Wildman–Crippen MR) is 111 cm³/mol. The number of nitrogens with one attached hydrogen (secondary N) is 1. The number of carbonyl (C=O) groups is 3. The number of furan rings is 1. The zero-order chi connectivity index (χ0) is 21.8. The lowest BCUT2D eigenvalue weighted by molar-refractivity contribution is 0.0535. The van der Waals surface area contributed by atoms with E-state index in [-0.39, 0.29) is 23.5 Å². The van der Waals surface area contributed by atoms with Crippen LogP contribution < -0.4 is 5.32 Å². The van der Waals surface area contributed by atoms with Crippen LogP contribution in [-0.4, -0.2) is 53.7 Å². The van der Waals surface area contributed by atoms with Gasteiger partial charge in [-0.15, -0.1) is 0 Å². The van der Waals surface area contributed by atoms with E-state index >= 15 is 0 Å². The van der Waals surface area contributed by atoms with Crippen LogP contribution in [0.15, 0.2) is 71.3 Å². The third kappa shape index (κ3) is 4.63. The van der Waals surface area contributed by atoms with Crippen molar-refractivity contribution in [3.05, 3.63) is 89.6 Å². The summed E-state index contributed by atoms with van der Waals surface area (Å²) in [4.78, 5) is 40.7. The van der Waals surface area contributed by atoms with E-state index in [1.54, 1.807) is 46.2 Å². The molecule has 3 aromatic rings. The Labute approximate surface area is 178 Å². The fourth-order valence-corrected chi connectivity index (χ4v) is 3.37. The molecule has 2 aromatic carbocycles. The van der Waals surface area contributed by atoms with Crippen LogP contribution in [0.25, 0.3) is 0 Å². The van der Waals surface area contributed by atoms with Gasteiger partial charge in [-0.3, -0.25) is 14.4 Å². The van der Waals surface area contributed by atoms with Crippen molar-refractivity contribution in [1.82, 2.24) is 9.80 Å². The molecule has 0 radical (unpaired) electrons. The fourth-order valence-electron chi connectivity index (χ4n) is 3.37. The molecule has 0 saturated carbocycles. The van der Waals surface area contributed by atoms with E-state index < -0.39 is 5.82 Å².